The third kappa shape index (κ3) is 7.46. The number of hydrogen-bond acceptors (Lipinski definition) is 9. The number of anilines is 5. The number of halogens is 1. The zero-order chi connectivity index (χ0) is 27.6. The lowest BCUT2D eigenvalue weighted by molar-refractivity contribution is 0.284. The van der Waals surface area contributed by atoms with Crippen LogP contribution in [-0.4, -0.2) is 28.3 Å². The molecule has 4 aromatic carbocycles. The minimum Gasteiger partial charge on any atom is -0.493 e. The molecule has 0 unspecified atom stereocenters. The summed E-state index contributed by atoms with van der Waals surface area (Å²) in [7, 11) is 1.59. The van der Waals surface area contributed by atoms with Crippen LogP contribution in [0.2, 0.25) is 5.02 Å². The topological polar surface area (TPSA) is 106 Å². The first-order valence-electron chi connectivity index (χ1n) is 12.4. The summed E-state index contributed by atoms with van der Waals surface area (Å²) in [6.45, 7) is 0.389. The van der Waals surface area contributed by atoms with Crippen LogP contribution in [0.5, 0.6) is 11.5 Å². The third-order valence-electron chi connectivity index (χ3n) is 5.57. The Balaban J connectivity index is 1.29. The summed E-state index contributed by atoms with van der Waals surface area (Å²) in [5.74, 6) is 2.19. The van der Waals surface area contributed by atoms with Gasteiger partial charge in [0.05, 0.1) is 13.3 Å². The molecule has 0 saturated heterocycles. The Kier molecular flexibility index (Phi) is 8.65. The van der Waals surface area contributed by atoms with Crippen LogP contribution >= 0.6 is 11.6 Å². The second kappa shape index (κ2) is 13.1. The van der Waals surface area contributed by atoms with Crippen molar-refractivity contribution in [1.82, 2.24) is 15.0 Å². The van der Waals surface area contributed by atoms with Gasteiger partial charge in [-0.25, -0.2) is 5.43 Å². The molecular weight excluding hydrogens is 526 g/mol. The molecule has 0 aliphatic rings. The highest BCUT2D eigenvalue weighted by molar-refractivity contribution is 6.30. The van der Waals surface area contributed by atoms with E-state index in [2.05, 4.69) is 36.1 Å². The zero-order valence-corrected chi connectivity index (χ0v) is 22.3. The van der Waals surface area contributed by atoms with Gasteiger partial charge < -0.3 is 20.1 Å². The maximum Gasteiger partial charge on any atom is 0.250 e. The SMILES string of the molecule is COc1cc(/C=N/Nc2nc(Nc3ccccc3)nc(Nc3ccccc3)n2)ccc1OCc1ccc(Cl)cc1. The van der Waals surface area contributed by atoms with Crippen molar-refractivity contribution in [2.75, 3.05) is 23.2 Å². The molecule has 0 aliphatic carbocycles. The van der Waals surface area contributed by atoms with E-state index in [1.165, 1.54) is 0 Å². The normalized spacial score (nSPS) is 10.8. The van der Waals surface area contributed by atoms with Gasteiger partial charge in [-0.3, -0.25) is 0 Å². The summed E-state index contributed by atoms with van der Waals surface area (Å²) >= 11 is 5.96. The first kappa shape index (κ1) is 26.5. The summed E-state index contributed by atoms with van der Waals surface area (Å²) in [5, 5.41) is 11.4. The van der Waals surface area contributed by atoms with Gasteiger partial charge in [0.2, 0.25) is 17.8 Å². The Morgan fingerprint density at radius 3 is 1.93 bits per heavy atom. The van der Waals surface area contributed by atoms with Crippen molar-refractivity contribution in [1.29, 1.82) is 0 Å². The van der Waals surface area contributed by atoms with Crippen LogP contribution in [0.15, 0.2) is 108 Å². The van der Waals surface area contributed by atoms with E-state index in [0.717, 1.165) is 22.5 Å². The number of nitrogens with zero attached hydrogens (tertiary/aromatic N) is 4. The predicted octanol–water partition coefficient (Wildman–Crippen LogP) is 7.05. The Hall–Kier alpha value is -5.15. The molecule has 0 atom stereocenters. The van der Waals surface area contributed by atoms with Gasteiger partial charge in [-0.05, 0) is 65.7 Å². The maximum atomic E-state index is 5.96. The number of aromatic nitrogens is 3. The number of ether oxygens (including phenoxy) is 2. The quantitative estimate of drug-likeness (QED) is 0.118. The van der Waals surface area contributed by atoms with Crippen LogP contribution in [0.1, 0.15) is 11.1 Å². The Labute approximate surface area is 236 Å². The summed E-state index contributed by atoms with van der Waals surface area (Å²) in [6, 6.07) is 32.4. The van der Waals surface area contributed by atoms with Crippen LogP contribution < -0.4 is 25.5 Å². The lowest BCUT2D eigenvalue weighted by Crippen LogP contribution is -2.07. The lowest BCUT2D eigenvalue weighted by atomic mass is 10.2. The van der Waals surface area contributed by atoms with Crippen molar-refractivity contribution >= 4 is 47.0 Å². The molecule has 0 amide bonds. The van der Waals surface area contributed by atoms with E-state index in [1.807, 2.05) is 103 Å². The molecule has 0 radical (unpaired) electrons. The van der Waals surface area contributed by atoms with Crippen molar-refractivity contribution in [2.45, 2.75) is 6.61 Å². The van der Waals surface area contributed by atoms with Crippen LogP contribution in [-0.2, 0) is 6.61 Å². The fourth-order valence-electron chi connectivity index (χ4n) is 3.63. The molecular formula is C30H26ClN7O2. The third-order valence-corrected chi connectivity index (χ3v) is 5.82. The molecule has 5 rings (SSSR count). The number of methoxy groups -OCH3 is 1. The summed E-state index contributed by atoms with van der Waals surface area (Å²) in [6.07, 6.45) is 1.64. The van der Waals surface area contributed by atoms with Crippen LogP contribution in [0.25, 0.3) is 0 Å². The Morgan fingerprint density at radius 1 is 0.725 bits per heavy atom. The van der Waals surface area contributed by atoms with E-state index in [-0.39, 0.29) is 5.95 Å². The van der Waals surface area contributed by atoms with E-state index < -0.39 is 0 Å². The van der Waals surface area contributed by atoms with Crippen LogP contribution in [0.3, 0.4) is 0 Å². The molecule has 0 aliphatic heterocycles. The first-order valence-corrected chi connectivity index (χ1v) is 12.8. The standard InChI is InChI=1S/C30H26ClN7O2/c1-39-27-18-22(14-17-26(27)40-20-21-12-15-23(31)16-13-21)19-32-38-30-36-28(33-24-8-4-2-5-9-24)35-29(37-30)34-25-10-6-3-7-11-25/h2-19H,20H2,1H3,(H3,33,34,35,36,37,38)/b32-19+. The number of hydrogen-bond donors (Lipinski definition) is 3. The van der Waals surface area contributed by atoms with Crippen molar-refractivity contribution in [3.8, 4) is 11.5 Å². The number of para-hydroxylation sites is 2. The highest BCUT2D eigenvalue weighted by atomic mass is 35.5. The van der Waals surface area contributed by atoms with Gasteiger partial charge in [-0.15, -0.1) is 0 Å². The van der Waals surface area contributed by atoms with E-state index >= 15 is 0 Å². The molecule has 9 nitrogen and oxygen atoms in total. The fraction of sp³-hybridized carbons (Fsp3) is 0.0667. The van der Waals surface area contributed by atoms with E-state index in [9.17, 15) is 0 Å². The molecule has 0 fully saturated rings. The molecule has 40 heavy (non-hydrogen) atoms. The Bertz CT molecular complexity index is 1510. The minimum absolute atomic E-state index is 0.262. The second-order valence-electron chi connectivity index (χ2n) is 8.48. The van der Waals surface area contributed by atoms with E-state index in [0.29, 0.717) is 35.0 Å². The molecule has 200 valence electrons. The van der Waals surface area contributed by atoms with Crippen molar-refractivity contribution < 1.29 is 9.47 Å². The second-order valence-corrected chi connectivity index (χ2v) is 8.92. The lowest BCUT2D eigenvalue weighted by Gasteiger charge is -2.11. The maximum absolute atomic E-state index is 5.96. The summed E-state index contributed by atoms with van der Waals surface area (Å²) in [4.78, 5) is 13.4. The molecule has 1 heterocycles. The van der Waals surface area contributed by atoms with Crippen molar-refractivity contribution in [3.05, 3.63) is 119 Å². The molecule has 0 spiro atoms. The monoisotopic (exact) mass is 551 g/mol. The van der Waals surface area contributed by atoms with Gasteiger partial charge in [0.25, 0.3) is 0 Å². The first-order chi connectivity index (χ1) is 19.6. The fourth-order valence-corrected chi connectivity index (χ4v) is 3.75. The molecule has 10 heteroatoms. The average molecular weight is 552 g/mol. The van der Waals surface area contributed by atoms with Gasteiger partial charge in [0.15, 0.2) is 11.5 Å². The van der Waals surface area contributed by atoms with Gasteiger partial charge in [-0.1, -0.05) is 60.1 Å². The highest BCUT2D eigenvalue weighted by Gasteiger charge is 2.09. The van der Waals surface area contributed by atoms with Crippen LogP contribution in [0, 0.1) is 0 Å². The summed E-state index contributed by atoms with van der Waals surface area (Å²) in [5.41, 5.74) is 6.38. The Morgan fingerprint density at radius 2 is 1.32 bits per heavy atom. The van der Waals surface area contributed by atoms with Gasteiger partial charge >= 0.3 is 0 Å². The van der Waals surface area contributed by atoms with Crippen molar-refractivity contribution in [3.63, 3.8) is 0 Å². The van der Waals surface area contributed by atoms with Gasteiger partial charge in [-0.2, -0.15) is 20.1 Å². The van der Waals surface area contributed by atoms with E-state index in [1.54, 1.807) is 13.3 Å². The number of hydrazone groups is 1. The van der Waals surface area contributed by atoms with Crippen molar-refractivity contribution in [2.24, 2.45) is 5.10 Å². The molecule has 0 bridgehead atoms. The predicted molar refractivity (Wildman–Crippen MR) is 159 cm³/mol. The van der Waals surface area contributed by atoms with E-state index in [4.69, 9.17) is 21.1 Å². The molecule has 5 aromatic rings. The van der Waals surface area contributed by atoms with Gasteiger partial charge in [0, 0.05) is 16.4 Å². The minimum atomic E-state index is 0.262. The largest absolute Gasteiger partial charge is 0.493 e. The highest BCUT2D eigenvalue weighted by Crippen LogP contribution is 2.28. The average Bonchev–Trinajstić information content (AvgIpc) is 2.98. The molecule has 3 N–H and O–H groups in total. The number of rotatable bonds is 11. The molecule has 1 aromatic heterocycles. The summed E-state index contributed by atoms with van der Waals surface area (Å²) < 4.78 is 11.5. The zero-order valence-electron chi connectivity index (χ0n) is 21.6. The van der Waals surface area contributed by atoms with Crippen LogP contribution in [0.4, 0.5) is 29.2 Å². The number of nitrogens with one attached hydrogen (secondary N) is 3. The smallest absolute Gasteiger partial charge is 0.250 e. The number of benzene rings is 4. The molecule has 0 saturated carbocycles. The van der Waals surface area contributed by atoms with Gasteiger partial charge in [0.1, 0.15) is 6.61 Å².